The number of para-hydroxylation sites is 1. The highest BCUT2D eigenvalue weighted by atomic mass is 127. The number of benzene rings is 2. The molecule has 0 saturated carbocycles. The van der Waals surface area contributed by atoms with Gasteiger partial charge in [-0.1, -0.05) is 48.5 Å². The fraction of sp³-hybridized carbons (Fsp3) is 0.167. The lowest BCUT2D eigenvalue weighted by Gasteiger charge is -2.07. The topological polar surface area (TPSA) is 59.6 Å². The number of aliphatic imine (C=N–C) groups is 1. The second-order valence-electron chi connectivity index (χ2n) is 4.79. The Morgan fingerprint density at radius 1 is 1.13 bits per heavy atom. The van der Waals surface area contributed by atoms with E-state index in [1.807, 2.05) is 48.5 Å². The van der Waals surface area contributed by atoms with Gasteiger partial charge in [-0.15, -0.1) is 30.6 Å². The summed E-state index contributed by atoms with van der Waals surface area (Å²) in [6.45, 7) is 5.30. The summed E-state index contributed by atoms with van der Waals surface area (Å²) in [5.74, 6) is 1.29. The van der Waals surface area contributed by atoms with Crippen LogP contribution in [-0.2, 0) is 13.2 Å². The van der Waals surface area contributed by atoms with E-state index in [-0.39, 0.29) is 24.0 Å². The number of rotatable bonds is 7. The molecule has 0 amide bonds. The highest BCUT2D eigenvalue weighted by Gasteiger charge is 1.98. The average molecular weight is 423 g/mol. The van der Waals surface area contributed by atoms with Crippen LogP contribution in [0.5, 0.6) is 5.75 Å². The number of nitrogens with one attached hydrogen (secondary N) is 1. The zero-order valence-corrected chi connectivity index (χ0v) is 15.3. The molecule has 0 atom stereocenters. The quantitative estimate of drug-likeness (QED) is 0.310. The SMILES string of the molecule is C=CCNC(N)=NCc1cccc(COc2ccccc2)c1.I. The largest absolute Gasteiger partial charge is 0.489 e. The van der Waals surface area contributed by atoms with Crippen LogP contribution >= 0.6 is 24.0 Å². The molecular weight excluding hydrogens is 401 g/mol. The van der Waals surface area contributed by atoms with Gasteiger partial charge in [-0.2, -0.15) is 0 Å². The van der Waals surface area contributed by atoms with E-state index in [2.05, 4.69) is 23.0 Å². The third kappa shape index (κ3) is 7.19. The van der Waals surface area contributed by atoms with E-state index in [1.165, 1.54) is 0 Å². The first kappa shape index (κ1) is 19.0. The van der Waals surface area contributed by atoms with Crippen molar-refractivity contribution in [1.29, 1.82) is 0 Å². The molecule has 0 fully saturated rings. The van der Waals surface area contributed by atoms with Gasteiger partial charge in [-0.25, -0.2) is 4.99 Å². The van der Waals surface area contributed by atoms with E-state index in [1.54, 1.807) is 6.08 Å². The van der Waals surface area contributed by atoms with Gasteiger partial charge in [0.2, 0.25) is 0 Å². The number of nitrogens with zero attached hydrogens (tertiary/aromatic N) is 1. The highest BCUT2D eigenvalue weighted by molar-refractivity contribution is 14.0. The minimum absolute atomic E-state index is 0. The monoisotopic (exact) mass is 423 g/mol. The second-order valence-corrected chi connectivity index (χ2v) is 4.79. The van der Waals surface area contributed by atoms with E-state index >= 15 is 0 Å². The van der Waals surface area contributed by atoms with Crippen LogP contribution < -0.4 is 15.8 Å². The van der Waals surface area contributed by atoms with Crippen molar-refractivity contribution >= 4 is 29.9 Å². The molecule has 2 aromatic rings. The third-order valence-electron chi connectivity index (χ3n) is 3.00. The van der Waals surface area contributed by atoms with Gasteiger partial charge in [-0.3, -0.25) is 0 Å². The number of ether oxygens (including phenoxy) is 1. The lowest BCUT2D eigenvalue weighted by atomic mass is 10.1. The number of halogens is 1. The summed E-state index contributed by atoms with van der Waals surface area (Å²) in [5.41, 5.74) is 7.95. The Morgan fingerprint density at radius 3 is 2.61 bits per heavy atom. The van der Waals surface area contributed by atoms with Crippen LogP contribution in [0.15, 0.2) is 72.2 Å². The maximum atomic E-state index is 5.75. The van der Waals surface area contributed by atoms with E-state index in [0.717, 1.165) is 16.9 Å². The lowest BCUT2D eigenvalue weighted by molar-refractivity contribution is 0.306. The Balaban J connectivity index is 0.00000264. The number of hydrogen-bond donors (Lipinski definition) is 2. The Hall–Kier alpha value is -2.02. The molecule has 2 aromatic carbocycles. The van der Waals surface area contributed by atoms with Crippen LogP contribution in [0.25, 0.3) is 0 Å². The van der Waals surface area contributed by atoms with Crippen LogP contribution in [0.1, 0.15) is 11.1 Å². The van der Waals surface area contributed by atoms with Crippen molar-refractivity contribution in [2.45, 2.75) is 13.2 Å². The first-order valence-electron chi connectivity index (χ1n) is 7.18. The minimum Gasteiger partial charge on any atom is -0.489 e. The summed E-state index contributed by atoms with van der Waals surface area (Å²) in [6, 6.07) is 17.9. The summed E-state index contributed by atoms with van der Waals surface area (Å²) < 4.78 is 5.74. The maximum Gasteiger partial charge on any atom is 0.189 e. The summed E-state index contributed by atoms with van der Waals surface area (Å²) >= 11 is 0. The fourth-order valence-corrected chi connectivity index (χ4v) is 1.91. The van der Waals surface area contributed by atoms with Gasteiger partial charge in [0.05, 0.1) is 6.54 Å². The maximum absolute atomic E-state index is 5.75. The molecule has 0 saturated heterocycles. The summed E-state index contributed by atoms with van der Waals surface area (Å²) in [6.07, 6.45) is 1.74. The van der Waals surface area contributed by atoms with Gasteiger partial charge in [0.1, 0.15) is 12.4 Å². The zero-order chi connectivity index (χ0) is 15.6. The Bertz CT molecular complexity index is 629. The van der Waals surface area contributed by atoms with Crippen molar-refractivity contribution in [2.24, 2.45) is 10.7 Å². The van der Waals surface area contributed by atoms with Crippen molar-refractivity contribution in [3.63, 3.8) is 0 Å². The Morgan fingerprint density at radius 2 is 1.87 bits per heavy atom. The van der Waals surface area contributed by atoms with Crippen molar-refractivity contribution in [1.82, 2.24) is 5.32 Å². The first-order chi connectivity index (χ1) is 10.8. The summed E-state index contributed by atoms with van der Waals surface area (Å²) in [4.78, 5) is 4.29. The van der Waals surface area contributed by atoms with Gasteiger partial charge >= 0.3 is 0 Å². The van der Waals surface area contributed by atoms with Crippen LogP contribution in [-0.4, -0.2) is 12.5 Å². The number of guanidine groups is 1. The van der Waals surface area contributed by atoms with E-state index in [9.17, 15) is 0 Å². The minimum atomic E-state index is 0. The van der Waals surface area contributed by atoms with Gasteiger partial charge < -0.3 is 15.8 Å². The van der Waals surface area contributed by atoms with E-state index in [4.69, 9.17) is 10.5 Å². The molecule has 0 spiro atoms. The van der Waals surface area contributed by atoms with Gasteiger partial charge in [0.15, 0.2) is 5.96 Å². The number of hydrogen-bond acceptors (Lipinski definition) is 2. The zero-order valence-electron chi connectivity index (χ0n) is 12.9. The molecule has 0 bridgehead atoms. The average Bonchev–Trinajstić information content (AvgIpc) is 2.57. The molecule has 23 heavy (non-hydrogen) atoms. The smallest absolute Gasteiger partial charge is 0.189 e. The molecule has 0 aliphatic rings. The molecule has 0 radical (unpaired) electrons. The molecule has 2 rings (SSSR count). The molecule has 0 heterocycles. The molecule has 4 nitrogen and oxygen atoms in total. The number of nitrogens with two attached hydrogens (primary N) is 1. The highest BCUT2D eigenvalue weighted by Crippen LogP contribution is 2.13. The Kier molecular flexibility index (Phi) is 8.82. The van der Waals surface area contributed by atoms with E-state index in [0.29, 0.717) is 25.7 Å². The fourth-order valence-electron chi connectivity index (χ4n) is 1.91. The van der Waals surface area contributed by atoms with Gasteiger partial charge in [0.25, 0.3) is 0 Å². The predicted molar refractivity (Wildman–Crippen MR) is 106 cm³/mol. The molecule has 122 valence electrons. The van der Waals surface area contributed by atoms with Crippen LogP contribution in [0.2, 0.25) is 0 Å². The van der Waals surface area contributed by atoms with Gasteiger partial charge in [-0.05, 0) is 23.3 Å². The van der Waals surface area contributed by atoms with Crippen molar-refractivity contribution in [3.8, 4) is 5.75 Å². The van der Waals surface area contributed by atoms with Crippen LogP contribution in [0.3, 0.4) is 0 Å². The third-order valence-corrected chi connectivity index (χ3v) is 3.00. The summed E-state index contributed by atoms with van der Waals surface area (Å²) in [7, 11) is 0. The Labute approximate surface area is 154 Å². The molecule has 0 unspecified atom stereocenters. The molecule has 3 N–H and O–H groups in total. The molecule has 5 heteroatoms. The van der Waals surface area contributed by atoms with Gasteiger partial charge in [0, 0.05) is 6.54 Å². The van der Waals surface area contributed by atoms with E-state index < -0.39 is 0 Å². The normalized spacial score (nSPS) is 10.5. The summed E-state index contributed by atoms with van der Waals surface area (Å²) in [5, 5.41) is 2.95. The molecule has 0 aromatic heterocycles. The van der Waals surface area contributed by atoms with Crippen LogP contribution in [0, 0.1) is 0 Å². The van der Waals surface area contributed by atoms with Crippen molar-refractivity contribution in [3.05, 3.63) is 78.4 Å². The van der Waals surface area contributed by atoms with Crippen molar-refractivity contribution in [2.75, 3.05) is 6.54 Å². The molecule has 0 aliphatic heterocycles. The molecular formula is C18H22IN3O. The van der Waals surface area contributed by atoms with Crippen LogP contribution in [0.4, 0.5) is 0 Å². The first-order valence-corrected chi connectivity index (χ1v) is 7.18. The predicted octanol–water partition coefficient (Wildman–Crippen LogP) is 3.47. The van der Waals surface area contributed by atoms with Crippen molar-refractivity contribution < 1.29 is 4.74 Å². The standard InChI is InChI=1S/C18H21N3O.HI/c1-2-11-20-18(19)21-13-15-7-6-8-16(12-15)14-22-17-9-4-3-5-10-17;/h2-10,12H,1,11,13-14H2,(H3,19,20,21);1H. The second kappa shape index (κ2) is 10.7. The lowest BCUT2D eigenvalue weighted by Crippen LogP contribution is -2.31. The molecule has 0 aliphatic carbocycles.